The van der Waals surface area contributed by atoms with Crippen LogP contribution in [0, 0.1) is 5.92 Å². The molecule has 0 radical (unpaired) electrons. The number of hydrogen-bond acceptors (Lipinski definition) is 2. The van der Waals surface area contributed by atoms with Gasteiger partial charge in [0, 0.05) is 22.6 Å². The van der Waals surface area contributed by atoms with Crippen molar-refractivity contribution in [3.63, 3.8) is 0 Å². The Kier molecular flexibility index (Phi) is 5.87. The molecule has 1 aromatic carbocycles. The smallest absolute Gasteiger partial charge is 0.227 e. The van der Waals surface area contributed by atoms with E-state index in [-0.39, 0.29) is 5.91 Å². The second kappa shape index (κ2) is 7.43. The Bertz CT molecular complexity index is 479. The zero-order valence-electron chi connectivity index (χ0n) is 11.7. The Morgan fingerprint density at radius 2 is 2.35 bits per heavy atom. The maximum Gasteiger partial charge on any atom is 0.227 e. The molecule has 1 atom stereocenters. The summed E-state index contributed by atoms with van der Waals surface area (Å²) in [4.78, 5) is 14.4. The Morgan fingerprint density at radius 1 is 1.55 bits per heavy atom. The molecule has 5 heteroatoms. The number of rotatable bonds is 4. The zero-order chi connectivity index (χ0) is 14.5. The van der Waals surface area contributed by atoms with Gasteiger partial charge < -0.3 is 10.2 Å². The molecule has 0 spiro atoms. The third kappa shape index (κ3) is 4.21. The van der Waals surface area contributed by atoms with Crippen LogP contribution in [0.5, 0.6) is 0 Å². The summed E-state index contributed by atoms with van der Waals surface area (Å²) in [6, 6.07) is 5.58. The number of carbonyl (C=O) groups is 1. The van der Waals surface area contributed by atoms with Crippen molar-refractivity contribution in [2.24, 2.45) is 5.92 Å². The van der Waals surface area contributed by atoms with Gasteiger partial charge in [-0.15, -0.1) is 0 Å². The summed E-state index contributed by atoms with van der Waals surface area (Å²) in [5.74, 6) is 0.778. The second-order valence-electron chi connectivity index (χ2n) is 5.32. The number of hydrogen-bond donors (Lipinski definition) is 1. The van der Waals surface area contributed by atoms with E-state index in [9.17, 15) is 4.79 Å². The molecule has 1 N–H and O–H groups in total. The van der Waals surface area contributed by atoms with E-state index < -0.39 is 0 Å². The molecule has 110 valence electrons. The molecule has 0 bridgehead atoms. The Morgan fingerprint density at radius 3 is 3.05 bits per heavy atom. The van der Waals surface area contributed by atoms with Crippen LogP contribution in [0.2, 0.25) is 5.02 Å². The lowest BCUT2D eigenvalue weighted by Gasteiger charge is -2.33. The first-order valence-corrected chi connectivity index (χ1v) is 8.13. The van der Waals surface area contributed by atoms with Crippen molar-refractivity contribution >= 4 is 33.4 Å². The van der Waals surface area contributed by atoms with Gasteiger partial charge >= 0.3 is 0 Å². The predicted octanol–water partition coefficient (Wildman–Crippen LogP) is 3.10. The number of nitrogens with zero attached hydrogens (tertiary/aromatic N) is 1. The van der Waals surface area contributed by atoms with Crippen LogP contribution < -0.4 is 5.32 Å². The lowest BCUT2D eigenvalue weighted by Crippen LogP contribution is -2.43. The highest BCUT2D eigenvalue weighted by Gasteiger charge is 2.23. The average molecular weight is 360 g/mol. The molecule has 0 saturated carbocycles. The minimum Gasteiger partial charge on any atom is -0.342 e. The first-order chi connectivity index (χ1) is 9.60. The maximum absolute atomic E-state index is 12.4. The fourth-order valence-corrected chi connectivity index (χ4v) is 3.51. The van der Waals surface area contributed by atoms with E-state index in [1.165, 1.54) is 6.42 Å². The molecule has 1 fully saturated rings. The summed E-state index contributed by atoms with van der Waals surface area (Å²) in [6.45, 7) is 2.73. The second-order valence-corrected chi connectivity index (χ2v) is 6.61. The quantitative estimate of drug-likeness (QED) is 0.896. The highest BCUT2D eigenvalue weighted by atomic mass is 79.9. The Labute approximate surface area is 133 Å². The van der Waals surface area contributed by atoms with E-state index in [0.29, 0.717) is 17.4 Å². The average Bonchev–Trinajstić information content (AvgIpc) is 2.42. The summed E-state index contributed by atoms with van der Waals surface area (Å²) in [5, 5.41) is 3.88. The van der Waals surface area contributed by atoms with Crippen molar-refractivity contribution < 1.29 is 4.79 Å². The van der Waals surface area contributed by atoms with Gasteiger partial charge in [0.15, 0.2) is 0 Å². The highest BCUT2D eigenvalue weighted by molar-refractivity contribution is 9.10. The van der Waals surface area contributed by atoms with Crippen LogP contribution in [0.25, 0.3) is 0 Å². The molecule has 1 amide bonds. The van der Waals surface area contributed by atoms with E-state index in [0.717, 1.165) is 36.1 Å². The molecule has 0 aromatic heterocycles. The number of piperidine rings is 1. The fourth-order valence-electron chi connectivity index (χ4n) is 2.69. The van der Waals surface area contributed by atoms with Crippen LogP contribution in [0.1, 0.15) is 18.4 Å². The van der Waals surface area contributed by atoms with Crippen molar-refractivity contribution in [2.75, 3.05) is 26.7 Å². The Balaban J connectivity index is 1.97. The van der Waals surface area contributed by atoms with Gasteiger partial charge in [0.2, 0.25) is 5.91 Å². The van der Waals surface area contributed by atoms with Crippen LogP contribution in [0.4, 0.5) is 0 Å². The minimum atomic E-state index is 0.203. The zero-order valence-corrected chi connectivity index (χ0v) is 14.0. The molecule has 3 nitrogen and oxygen atoms in total. The fraction of sp³-hybridized carbons (Fsp3) is 0.533. The lowest BCUT2D eigenvalue weighted by atomic mass is 9.97. The summed E-state index contributed by atoms with van der Waals surface area (Å²) in [7, 11) is 1.96. The van der Waals surface area contributed by atoms with Crippen LogP contribution in [0.3, 0.4) is 0 Å². The van der Waals surface area contributed by atoms with Crippen molar-refractivity contribution in [1.29, 1.82) is 0 Å². The first-order valence-electron chi connectivity index (χ1n) is 6.96. The lowest BCUT2D eigenvalue weighted by molar-refractivity contribution is -0.132. The van der Waals surface area contributed by atoms with Crippen LogP contribution in [-0.2, 0) is 11.2 Å². The van der Waals surface area contributed by atoms with Crippen molar-refractivity contribution in [1.82, 2.24) is 10.2 Å². The molecule has 1 aromatic rings. The largest absolute Gasteiger partial charge is 0.342 e. The van der Waals surface area contributed by atoms with E-state index in [4.69, 9.17) is 11.6 Å². The van der Waals surface area contributed by atoms with Gasteiger partial charge in [-0.3, -0.25) is 4.79 Å². The normalized spacial score (nSPS) is 19.1. The number of benzene rings is 1. The summed E-state index contributed by atoms with van der Waals surface area (Å²) >= 11 is 9.39. The monoisotopic (exact) mass is 358 g/mol. The number of nitrogens with one attached hydrogen (secondary N) is 1. The van der Waals surface area contributed by atoms with Gasteiger partial charge in [-0.25, -0.2) is 0 Å². The van der Waals surface area contributed by atoms with E-state index >= 15 is 0 Å². The van der Waals surface area contributed by atoms with Gasteiger partial charge in [-0.05, 0) is 50.0 Å². The van der Waals surface area contributed by atoms with Crippen LogP contribution in [0.15, 0.2) is 22.7 Å². The molecule has 1 aliphatic rings. The topological polar surface area (TPSA) is 32.3 Å². The summed E-state index contributed by atoms with van der Waals surface area (Å²) in [6.07, 6.45) is 2.74. The van der Waals surface area contributed by atoms with Gasteiger partial charge in [0.05, 0.1) is 6.42 Å². The molecule has 0 unspecified atom stereocenters. The van der Waals surface area contributed by atoms with E-state index in [1.54, 1.807) is 0 Å². The van der Waals surface area contributed by atoms with Crippen molar-refractivity contribution in [2.45, 2.75) is 19.3 Å². The molecule has 1 aliphatic heterocycles. The first kappa shape index (κ1) is 15.8. The SMILES string of the molecule is CNC[C@@H]1CCCN(C(=O)Cc2ccc(Cl)cc2Br)C1. The van der Waals surface area contributed by atoms with Gasteiger partial charge in [-0.1, -0.05) is 33.6 Å². The van der Waals surface area contributed by atoms with Crippen LogP contribution in [-0.4, -0.2) is 37.5 Å². The molecule has 1 saturated heterocycles. The number of halogens is 2. The minimum absolute atomic E-state index is 0.203. The highest BCUT2D eigenvalue weighted by Crippen LogP contribution is 2.23. The van der Waals surface area contributed by atoms with Gasteiger partial charge in [0.1, 0.15) is 0 Å². The van der Waals surface area contributed by atoms with E-state index in [1.807, 2.05) is 30.1 Å². The molecule has 1 heterocycles. The van der Waals surface area contributed by atoms with Crippen molar-refractivity contribution in [3.05, 3.63) is 33.3 Å². The summed E-state index contributed by atoms with van der Waals surface area (Å²) in [5.41, 5.74) is 0.995. The summed E-state index contributed by atoms with van der Waals surface area (Å²) < 4.78 is 0.905. The molecule has 0 aliphatic carbocycles. The Hall–Kier alpha value is -0.580. The third-order valence-electron chi connectivity index (χ3n) is 3.72. The predicted molar refractivity (Wildman–Crippen MR) is 86.1 cm³/mol. The van der Waals surface area contributed by atoms with Gasteiger partial charge in [0.25, 0.3) is 0 Å². The van der Waals surface area contributed by atoms with Crippen LogP contribution >= 0.6 is 27.5 Å². The standard InChI is InChI=1S/C15H20BrClN2O/c1-18-9-11-3-2-6-19(10-11)15(20)7-12-4-5-13(17)8-14(12)16/h4-5,8,11,18H,2-3,6-7,9-10H2,1H3/t11-/m0/s1. The maximum atomic E-state index is 12.4. The third-order valence-corrected chi connectivity index (χ3v) is 4.69. The molecule has 2 rings (SSSR count). The molecule has 20 heavy (non-hydrogen) atoms. The van der Waals surface area contributed by atoms with Gasteiger partial charge in [-0.2, -0.15) is 0 Å². The molecular weight excluding hydrogens is 340 g/mol. The van der Waals surface area contributed by atoms with E-state index in [2.05, 4.69) is 21.2 Å². The van der Waals surface area contributed by atoms with Crippen molar-refractivity contribution in [3.8, 4) is 0 Å². The number of carbonyl (C=O) groups excluding carboxylic acids is 1. The number of likely N-dealkylation sites (tertiary alicyclic amines) is 1. The number of amides is 1. The molecular formula is C15H20BrClN2O.